The Morgan fingerprint density at radius 1 is 1.21 bits per heavy atom. The molecule has 0 aliphatic carbocycles. The average Bonchev–Trinajstić information content (AvgIpc) is 3.58. The first-order valence-electron chi connectivity index (χ1n) is 11.6. The number of carbonyl (C=O) groups excluding carboxylic acids is 1. The summed E-state index contributed by atoms with van der Waals surface area (Å²) in [6, 6.07) is 12.3. The Labute approximate surface area is 204 Å². The number of anilines is 1. The normalized spacial score (nSPS) is 21.6. The number of rotatable bonds is 5. The number of hydrogen-bond acceptors (Lipinski definition) is 4. The van der Waals surface area contributed by atoms with Crippen molar-refractivity contribution in [2.75, 3.05) is 31.6 Å². The van der Waals surface area contributed by atoms with Gasteiger partial charge in [0.05, 0.1) is 35.5 Å². The SMILES string of the molecule is C[C@H](c1ccc(Cl)cc1Cl)n1cnc2ccc(N3CCC(N(C)C(=O)[C@H]4CCCN4)C3)cc21. The van der Waals surface area contributed by atoms with Crippen LogP contribution in [0.15, 0.2) is 42.7 Å². The number of nitrogens with one attached hydrogen (secondary N) is 1. The average molecular weight is 486 g/mol. The minimum atomic E-state index is -0.0177. The minimum Gasteiger partial charge on any atom is -0.369 e. The van der Waals surface area contributed by atoms with Crippen molar-refractivity contribution < 1.29 is 4.79 Å². The molecule has 2 aliphatic rings. The zero-order chi connectivity index (χ0) is 23.1. The highest BCUT2D eigenvalue weighted by atomic mass is 35.5. The molecule has 2 fully saturated rings. The van der Waals surface area contributed by atoms with Crippen molar-refractivity contribution in [2.45, 2.75) is 44.3 Å². The summed E-state index contributed by atoms with van der Waals surface area (Å²) in [7, 11) is 1.95. The van der Waals surface area contributed by atoms with Gasteiger partial charge >= 0.3 is 0 Å². The topological polar surface area (TPSA) is 53.4 Å². The number of amides is 1. The van der Waals surface area contributed by atoms with Crippen LogP contribution in [0, 0.1) is 0 Å². The van der Waals surface area contributed by atoms with Crippen LogP contribution in [0.4, 0.5) is 5.69 Å². The van der Waals surface area contributed by atoms with E-state index in [0.29, 0.717) is 10.0 Å². The molecule has 1 unspecified atom stereocenters. The Balaban J connectivity index is 1.36. The molecule has 6 nitrogen and oxygen atoms in total. The molecule has 1 amide bonds. The van der Waals surface area contributed by atoms with Crippen LogP contribution in [0.5, 0.6) is 0 Å². The molecule has 5 rings (SSSR count). The molecule has 1 aromatic heterocycles. The van der Waals surface area contributed by atoms with Gasteiger partial charge in [0.25, 0.3) is 0 Å². The predicted molar refractivity (Wildman–Crippen MR) is 134 cm³/mol. The van der Waals surface area contributed by atoms with Gasteiger partial charge in [-0.05, 0) is 68.6 Å². The van der Waals surface area contributed by atoms with E-state index in [1.54, 1.807) is 6.07 Å². The lowest BCUT2D eigenvalue weighted by Crippen LogP contribution is -2.47. The van der Waals surface area contributed by atoms with Crippen molar-refractivity contribution in [1.82, 2.24) is 19.8 Å². The summed E-state index contributed by atoms with van der Waals surface area (Å²) in [5.41, 5.74) is 4.17. The van der Waals surface area contributed by atoms with Crippen molar-refractivity contribution in [3.63, 3.8) is 0 Å². The van der Waals surface area contributed by atoms with E-state index >= 15 is 0 Å². The first-order valence-corrected chi connectivity index (χ1v) is 12.3. The lowest BCUT2D eigenvalue weighted by Gasteiger charge is -2.28. The highest BCUT2D eigenvalue weighted by Gasteiger charge is 2.33. The van der Waals surface area contributed by atoms with Gasteiger partial charge in [0.2, 0.25) is 5.91 Å². The van der Waals surface area contributed by atoms with Gasteiger partial charge in [0.15, 0.2) is 0 Å². The maximum atomic E-state index is 12.8. The second-order valence-electron chi connectivity index (χ2n) is 9.15. The number of imidazole rings is 1. The van der Waals surface area contributed by atoms with Gasteiger partial charge in [0.1, 0.15) is 0 Å². The van der Waals surface area contributed by atoms with Gasteiger partial charge in [-0.2, -0.15) is 0 Å². The van der Waals surface area contributed by atoms with Crippen molar-refractivity contribution >= 4 is 45.8 Å². The molecule has 0 bridgehead atoms. The molecule has 8 heteroatoms. The number of likely N-dealkylation sites (N-methyl/N-ethyl adjacent to an activating group) is 1. The first-order chi connectivity index (χ1) is 15.9. The van der Waals surface area contributed by atoms with Gasteiger partial charge in [0, 0.05) is 35.9 Å². The molecule has 2 aliphatic heterocycles. The van der Waals surface area contributed by atoms with Crippen molar-refractivity contribution in [3.05, 3.63) is 58.3 Å². The van der Waals surface area contributed by atoms with E-state index in [4.69, 9.17) is 23.2 Å². The van der Waals surface area contributed by atoms with Crippen LogP contribution < -0.4 is 10.2 Å². The van der Waals surface area contributed by atoms with Gasteiger partial charge in [-0.3, -0.25) is 4.79 Å². The summed E-state index contributed by atoms with van der Waals surface area (Å²) in [4.78, 5) is 21.8. The highest BCUT2D eigenvalue weighted by molar-refractivity contribution is 6.35. The third kappa shape index (κ3) is 4.32. The van der Waals surface area contributed by atoms with Gasteiger partial charge < -0.3 is 19.7 Å². The third-order valence-corrected chi connectivity index (χ3v) is 7.73. The number of fused-ring (bicyclic) bond motifs is 1. The van der Waals surface area contributed by atoms with Crippen molar-refractivity contribution in [1.29, 1.82) is 0 Å². The molecule has 0 radical (unpaired) electrons. The smallest absolute Gasteiger partial charge is 0.239 e. The first kappa shape index (κ1) is 22.5. The molecule has 1 N–H and O–H groups in total. The molecule has 2 aromatic carbocycles. The van der Waals surface area contributed by atoms with Gasteiger partial charge in [-0.1, -0.05) is 29.3 Å². The standard InChI is InChI=1S/C25H29Cl2N5O/c1-16(20-7-5-17(26)12-21(20)27)32-15-29-22-8-6-18(13-24(22)32)31-11-9-19(14-31)30(2)25(33)23-4-3-10-28-23/h5-8,12-13,15-16,19,23,28H,3-4,9-11,14H2,1-2H3/t16-,19?,23-/m1/s1. The van der Waals surface area contributed by atoms with Crippen LogP contribution in [0.25, 0.3) is 11.0 Å². The summed E-state index contributed by atoms with van der Waals surface area (Å²) in [5, 5.41) is 4.61. The van der Waals surface area contributed by atoms with Crippen LogP contribution in [-0.2, 0) is 4.79 Å². The largest absolute Gasteiger partial charge is 0.369 e. The van der Waals surface area contributed by atoms with Crippen LogP contribution in [0.2, 0.25) is 10.0 Å². The van der Waals surface area contributed by atoms with E-state index in [2.05, 4.69) is 44.9 Å². The summed E-state index contributed by atoms with van der Waals surface area (Å²) in [6.45, 7) is 4.83. The van der Waals surface area contributed by atoms with Crippen molar-refractivity contribution in [3.8, 4) is 0 Å². The number of aromatic nitrogens is 2. The third-order valence-electron chi connectivity index (χ3n) is 7.17. The number of halogens is 2. The fourth-order valence-corrected chi connectivity index (χ4v) is 5.69. The minimum absolute atomic E-state index is 0.0176. The fourth-order valence-electron chi connectivity index (χ4n) is 5.12. The van der Waals surface area contributed by atoms with E-state index < -0.39 is 0 Å². The Bertz CT molecular complexity index is 1170. The Hall–Kier alpha value is -2.28. The molecule has 2 saturated heterocycles. The van der Waals surface area contributed by atoms with Crippen LogP contribution in [-0.4, -0.2) is 59.1 Å². The molecule has 0 saturated carbocycles. The highest BCUT2D eigenvalue weighted by Crippen LogP contribution is 2.32. The monoisotopic (exact) mass is 485 g/mol. The number of hydrogen-bond donors (Lipinski definition) is 1. The summed E-state index contributed by atoms with van der Waals surface area (Å²) in [6.07, 6.45) is 4.87. The van der Waals surface area contributed by atoms with Crippen LogP contribution in [0.3, 0.4) is 0 Å². The van der Waals surface area contributed by atoms with Gasteiger partial charge in [-0.25, -0.2) is 4.98 Å². The van der Waals surface area contributed by atoms with E-state index in [0.717, 1.165) is 61.2 Å². The quantitative estimate of drug-likeness (QED) is 0.566. The molecule has 3 heterocycles. The van der Waals surface area contributed by atoms with Crippen LogP contribution in [0.1, 0.15) is 37.8 Å². The zero-order valence-electron chi connectivity index (χ0n) is 19.0. The maximum Gasteiger partial charge on any atom is 0.239 e. The van der Waals surface area contributed by atoms with E-state index in [9.17, 15) is 4.79 Å². The summed E-state index contributed by atoms with van der Waals surface area (Å²) >= 11 is 12.6. The molecular weight excluding hydrogens is 457 g/mol. The second-order valence-corrected chi connectivity index (χ2v) is 10.00. The lowest BCUT2D eigenvalue weighted by molar-refractivity contribution is -0.133. The van der Waals surface area contributed by atoms with Gasteiger partial charge in [-0.15, -0.1) is 0 Å². The molecule has 0 spiro atoms. The Morgan fingerprint density at radius 2 is 2.06 bits per heavy atom. The maximum absolute atomic E-state index is 12.8. The Kier molecular flexibility index (Phi) is 6.25. The van der Waals surface area contributed by atoms with E-state index in [-0.39, 0.29) is 24.0 Å². The van der Waals surface area contributed by atoms with Crippen molar-refractivity contribution in [2.24, 2.45) is 0 Å². The van der Waals surface area contributed by atoms with E-state index in [1.807, 2.05) is 30.4 Å². The molecule has 174 valence electrons. The fraction of sp³-hybridized carbons (Fsp3) is 0.440. The lowest BCUT2D eigenvalue weighted by atomic mass is 10.1. The summed E-state index contributed by atoms with van der Waals surface area (Å²) in [5.74, 6) is 0.224. The van der Waals surface area contributed by atoms with E-state index in [1.165, 1.54) is 0 Å². The summed E-state index contributed by atoms with van der Waals surface area (Å²) < 4.78 is 2.16. The molecular formula is C25H29Cl2N5O. The molecule has 33 heavy (non-hydrogen) atoms. The zero-order valence-corrected chi connectivity index (χ0v) is 20.5. The molecule has 3 atom stereocenters. The Morgan fingerprint density at radius 3 is 2.82 bits per heavy atom. The second kappa shape index (κ2) is 9.16. The number of nitrogens with zero attached hydrogens (tertiary/aromatic N) is 4. The number of benzene rings is 2. The molecule has 3 aromatic rings. The number of carbonyl (C=O) groups is 1. The van der Waals surface area contributed by atoms with Crippen LogP contribution >= 0.6 is 23.2 Å². The predicted octanol–water partition coefficient (Wildman–Crippen LogP) is 4.74.